The molecule has 108 valence electrons. The van der Waals surface area contributed by atoms with Crippen LogP contribution >= 0.6 is 0 Å². The second-order valence-corrected chi connectivity index (χ2v) is 5.56. The fourth-order valence-corrected chi connectivity index (χ4v) is 1.73. The maximum absolute atomic E-state index is 12.1. The van der Waals surface area contributed by atoms with E-state index in [1.54, 1.807) is 6.20 Å². The Balaban J connectivity index is 2.70. The molecule has 1 amide bonds. The van der Waals surface area contributed by atoms with E-state index in [1.165, 1.54) is 4.68 Å². The third kappa shape index (κ3) is 4.60. The molecule has 1 unspecified atom stereocenters. The maximum atomic E-state index is 12.1. The van der Waals surface area contributed by atoms with E-state index in [1.807, 2.05) is 20.8 Å². The zero-order chi connectivity index (χ0) is 14.5. The SMILES string of the molecule is CC(C)(C)C(CCO)NC(=O)c1cn(CCN)nn1. The van der Waals surface area contributed by atoms with Crippen LogP contribution in [-0.2, 0) is 6.54 Å². The summed E-state index contributed by atoms with van der Waals surface area (Å²) in [5.74, 6) is -0.281. The van der Waals surface area contributed by atoms with E-state index in [-0.39, 0.29) is 29.7 Å². The van der Waals surface area contributed by atoms with Gasteiger partial charge in [0, 0.05) is 19.2 Å². The van der Waals surface area contributed by atoms with Gasteiger partial charge in [-0.15, -0.1) is 5.10 Å². The van der Waals surface area contributed by atoms with Gasteiger partial charge in [0.05, 0.1) is 12.7 Å². The number of aliphatic hydroxyl groups excluding tert-OH is 1. The molecule has 0 radical (unpaired) electrons. The Morgan fingerprint density at radius 3 is 2.79 bits per heavy atom. The summed E-state index contributed by atoms with van der Waals surface area (Å²) in [5, 5.41) is 19.6. The van der Waals surface area contributed by atoms with E-state index < -0.39 is 0 Å². The second-order valence-electron chi connectivity index (χ2n) is 5.56. The lowest BCUT2D eigenvalue weighted by molar-refractivity contribution is 0.0880. The van der Waals surface area contributed by atoms with E-state index in [0.717, 1.165) is 0 Å². The van der Waals surface area contributed by atoms with Crippen LogP contribution in [-0.4, -0.2) is 45.2 Å². The average molecular weight is 269 g/mol. The Morgan fingerprint density at radius 1 is 1.58 bits per heavy atom. The molecule has 0 bridgehead atoms. The van der Waals surface area contributed by atoms with Gasteiger partial charge in [-0.2, -0.15) is 0 Å². The van der Waals surface area contributed by atoms with Crippen LogP contribution < -0.4 is 11.1 Å². The summed E-state index contributed by atoms with van der Waals surface area (Å²) < 4.78 is 1.53. The molecule has 19 heavy (non-hydrogen) atoms. The molecule has 1 heterocycles. The highest BCUT2D eigenvalue weighted by Crippen LogP contribution is 2.21. The highest BCUT2D eigenvalue weighted by Gasteiger charge is 2.26. The fourth-order valence-electron chi connectivity index (χ4n) is 1.73. The summed E-state index contributed by atoms with van der Waals surface area (Å²) in [6, 6.07) is -0.121. The van der Waals surface area contributed by atoms with Crippen molar-refractivity contribution in [3.8, 4) is 0 Å². The summed E-state index contributed by atoms with van der Waals surface area (Å²) in [7, 11) is 0. The van der Waals surface area contributed by atoms with Gasteiger partial charge in [0.15, 0.2) is 5.69 Å². The van der Waals surface area contributed by atoms with Crippen LogP contribution in [0, 0.1) is 5.41 Å². The molecule has 0 aliphatic rings. The van der Waals surface area contributed by atoms with Crippen molar-refractivity contribution in [3.63, 3.8) is 0 Å². The predicted molar refractivity (Wildman–Crippen MR) is 71.5 cm³/mol. The topological polar surface area (TPSA) is 106 Å². The second kappa shape index (κ2) is 6.63. The van der Waals surface area contributed by atoms with E-state index in [4.69, 9.17) is 10.8 Å². The van der Waals surface area contributed by atoms with Gasteiger partial charge in [-0.05, 0) is 11.8 Å². The first-order chi connectivity index (χ1) is 8.88. The smallest absolute Gasteiger partial charge is 0.273 e. The summed E-state index contributed by atoms with van der Waals surface area (Å²) in [5.41, 5.74) is 5.54. The molecule has 1 aromatic rings. The lowest BCUT2D eigenvalue weighted by Gasteiger charge is -2.30. The van der Waals surface area contributed by atoms with Crippen LogP contribution in [0.3, 0.4) is 0 Å². The minimum absolute atomic E-state index is 0.0298. The van der Waals surface area contributed by atoms with Crippen LogP contribution in [0.25, 0.3) is 0 Å². The molecule has 0 aliphatic carbocycles. The molecule has 0 saturated heterocycles. The molecule has 1 atom stereocenters. The number of aromatic nitrogens is 3. The van der Waals surface area contributed by atoms with Crippen molar-refractivity contribution >= 4 is 5.91 Å². The minimum atomic E-state index is -0.281. The molecular weight excluding hydrogens is 246 g/mol. The lowest BCUT2D eigenvalue weighted by atomic mass is 9.85. The van der Waals surface area contributed by atoms with Gasteiger partial charge in [-0.25, -0.2) is 0 Å². The van der Waals surface area contributed by atoms with Crippen LogP contribution in [0.15, 0.2) is 6.20 Å². The largest absolute Gasteiger partial charge is 0.396 e. The van der Waals surface area contributed by atoms with Gasteiger partial charge < -0.3 is 16.2 Å². The normalized spacial score (nSPS) is 13.3. The third-order valence-electron chi connectivity index (χ3n) is 2.90. The number of carbonyl (C=O) groups is 1. The van der Waals surface area contributed by atoms with Gasteiger partial charge in [0.25, 0.3) is 5.91 Å². The standard InChI is InChI=1S/C12H23N5O2/c1-12(2,3)10(4-7-18)14-11(19)9-8-17(6-5-13)16-15-9/h8,10,18H,4-7,13H2,1-3H3,(H,14,19). The summed E-state index contributed by atoms with van der Waals surface area (Å²) >= 11 is 0. The van der Waals surface area contributed by atoms with Crippen molar-refractivity contribution in [2.75, 3.05) is 13.2 Å². The Kier molecular flexibility index (Phi) is 5.44. The van der Waals surface area contributed by atoms with Crippen molar-refractivity contribution in [1.82, 2.24) is 20.3 Å². The Bertz CT molecular complexity index is 410. The molecule has 7 nitrogen and oxygen atoms in total. The Labute approximate surface area is 113 Å². The lowest BCUT2D eigenvalue weighted by Crippen LogP contribution is -2.44. The van der Waals surface area contributed by atoms with Crippen LogP contribution in [0.4, 0.5) is 0 Å². The number of hydrogen-bond donors (Lipinski definition) is 3. The average Bonchev–Trinajstić information content (AvgIpc) is 2.76. The number of nitrogens with zero attached hydrogens (tertiary/aromatic N) is 3. The quantitative estimate of drug-likeness (QED) is 0.661. The zero-order valence-corrected chi connectivity index (χ0v) is 11.8. The first-order valence-corrected chi connectivity index (χ1v) is 6.40. The first-order valence-electron chi connectivity index (χ1n) is 6.40. The third-order valence-corrected chi connectivity index (χ3v) is 2.90. The van der Waals surface area contributed by atoms with E-state index >= 15 is 0 Å². The molecular formula is C12H23N5O2. The monoisotopic (exact) mass is 269 g/mol. The Morgan fingerprint density at radius 2 is 2.26 bits per heavy atom. The number of aliphatic hydroxyl groups is 1. The molecule has 0 aromatic carbocycles. The van der Waals surface area contributed by atoms with Crippen LogP contribution in [0.2, 0.25) is 0 Å². The first kappa shape index (κ1) is 15.6. The molecule has 1 rings (SSSR count). The molecule has 1 aromatic heterocycles. The van der Waals surface area contributed by atoms with Gasteiger partial charge >= 0.3 is 0 Å². The fraction of sp³-hybridized carbons (Fsp3) is 0.750. The molecule has 0 spiro atoms. The van der Waals surface area contributed by atoms with Gasteiger partial charge in [-0.3, -0.25) is 9.48 Å². The van der Waals surface area contributed by atoms with E-state index in [2.05, 4.69) is 15.6 Å². The minimum Gasteiger partial charge on any atom is -0.396 e. The zero-order valence-electron chi connectivity index (χ0n) is 11.8. The highest BCUT2D eigenvalue weighted by molar-refractivity contribution is 5.92. The number of nitrogens with one attached hydrogen (secondary N) is 1. The van der Waals surface area contributed by atoms with Gasteiger partial charge in [-0.1, -0.05) is 26.0 Å². The highest BCUT2D eigenvalue weighted by atomic mass is 16.3. The number of nitrogens with two attached hydrogens (primary N) is 1. The van der Waals surface area contributed by atoms with Crippen LogP contribution in [0.1, 0.15) is 37.7 Å². The molecule has 0 fully saturated rings. The van der Waals surface area contributed by atoms with Crippen LogP contribution in [0.5, 0.6) is 0 Å². The van der Waals surface area contributed by atoms with Crippen molar-refractivity contribution in [2.45, 2.75) is 39.8 Å². The summed E-state index contributed by atoms with van der Waals surface area (Å²) in [6.45, 7) is 7.04. The molecule has 7 heteroatoms. The number of amides is 1. The number of hydrogen-bond acceptors (Lipinski definition) is 5. The van der Waals surface area contributed by atoms with E-state index in [9.17, 15) is 4.79 Å². The molecule has 0 saturated carbocycles. The molecule has 0 aliphatic heterocycles. The Hall–Kier alpha value is -1.47. The molecule has 4 N–H and O–H groups in total. The summed E-state index contributed by atoms with van der Waals surface area (Å²) in [4.78, 5) is 12.1. The van der Waals surface area contributed by atoms with E-state index in [0.29, 0.717) is 19.5 Å². The maximum Gasteiger partial charge on any atom is 0.273 e. The van der Waals surface area contributed by atoms with Crippen molar-refractivity contribution < 1.29 is 9.90 Å². The number of carbonyl (C=O) groups excluding carboxylic acids is 1. The van der Waals surface area contributed by atoms with Gasteiger partial charge in [0.2, 0.25) is 0 Å². The summed E-state index contributed by atoms with van der Waals surface area (Å²) in [6.07, 6.45) is 2.08. The van der Waals surface area contributed by atoms with Crippen molar-refractivity contribution in [3.05, 3.63) is 11.9 Å². The number of rotatable bonds is 6. The predicted octanol–water partition coefficient (Wildman–Crippen LogP) is -0.236. The van der Waals surface area contributed by atoms with Crippen molar-refractivity contribution in [2.24, 2.45) is 11.1 Å². The van der Waals surface area contributed by atoms with Gasteiger partial charge in [0.1, 0.15) is 0 Å². The van der Waals surface area contributed by atoms with Crippen molar-refractivity contribution in [1.29, 1.82) is 0 Å².